The maximum absolute atomic E-state index is 4.46. The number of nitrogens with one attached hydrogen (secondary N) is 1. The molecule has 2 rings (SSSR count). The van der Waals surface area contributed by atoms with Crippen molar-refractivity contribution in [2.75, 3.05) is 6.54 Å². The molecule has 0 aliphatic heterocycles. The van der Waals surface area contributed by atoms with Crippen molar-refractivity contribution in [1.29, 1.82) is 0 Å². The molecule has 1 unspecified atom stereocenters. The minimum Gasteiger partial charge on any atom is -0.308 e. The van der Waals surface area contributed by atoms with E-state index in [1.54, 1.807) is 11.3 Å². The van der Waals surface area contributed by atoms with Crippen LogP contribution in [0.3, 0.4) is 0 Å². The first-order valence-electron chi connectivity index (χ1n) is 6.20. The van der Waals surface area contributed by atoms with Gasteiger partial charge in [0.2, 0.25) is 0 Å². The molecular formula is C13H18N4S. The van der Waals surface area contributed by atoms with E-state index in [0.717, 1.165) is 35.8 Å². The van der Waals surface area contributed by atoms with Crippen LogP contribution in [0.2, 0.25) is 0 Å². The number of aryl methyl sites for hydroxylation is 1. The lowest BCUT2D eigenvalue weighted by atomic mass is 10.1. The molecular weight excluding hydrogens is 244 g/mol. The van der Waals surface area contributed by atoms with Gasteiger partial charge in [0.15, 0.2) is 0 Å². The molecule has 0 amide bonds. The van der Waals surface area contributed by atoms with Crippen molar-refractivity contribution < 1.29 is 0 Å². The third-order valence-electron chi connectivity index (χ3n) is 2.66. The highest BCUT2D eigenvalue weighted by Gasteiger charge is 2.14. The molecule has 0 saturated carbocycles. The molecule has 1 N–H and O–H groups in total. The number of hydrogen-bond acceptors (Lipinski definition) is 5. The van der Waals surface area contributed by atoms with Crippen molar-refractivity contribution in [3.63, 3.8) is 0 Å². The van der Waals surface area contributed by atoms with Gasteiger partial charge >= 0.3 is 0 Å². The lowest BCUT2D eigenvalue weighted by molar-refractivity contribution is 0.515. The molecule has 0 aliphatic carbocycles. The molecule has 0 radical (unpaired) electrons. The Morgan fingerprint density at radius 3 is 2.78 bits per heavy atom. The summed E-state index contributed by atoms with van der Waals surface area (Å²) in [5, 5.41) is 6.65. The van der Waals surface area contributed by atoms with Gasteiger partial charge in [-0.1, -0.05) is 6.92 Å². The maximum atomic E-state index is 4.46. The van der Waals surface area contributed by atoms with Crippen LogP contribution in [-0.2, 0) is 6.42 Å². The highest BCUT2D eigenvalue weighted by molar-refractivity contribution is 7.09. The molecule has 5 heteroatoms. The smallest absolute Gasteiger partial charge is 0.0944 e. The standard InChI is InChI=1S/C13H18N4S/c1-3-4-14-11(7-13-15-5-6-18-13)12-9-16-10(2)8-17-12/h5-6,8-9,11,14H,3-4,7H2,1-2H3. The second-order valence-electron chi connectivity index (χ2n) is 4.22. The van der Waals surface area contributed by atoms with E-state index in [1.807, 2.05) is 30.9 Å². The Balaban J connectivity index is 2.11. The fourth-order valence-corrected chi connectivity index (χ4v) is 2.37. The molecule has 96 valence electrons. The Labute approximate surface area is 112 Å². The van der Waals surface area contributed by atoms with E-state index in [0.29, 0.717) is 0 Å². The zero-order valence-corrected chi connectivity index (χ0v) is 11.6. The number of rotatable bonds is 6. The summed E-state index contributed by atoms with van der Waals surface area (Å²) >= 11 is 1.68. The summed E-state index contributed by atoms with van der Waals surface area (Å²) in [6.07, 6.45) is 7.49. The van der Waals surface area contributed by atoms with Crippen LogP contribution in [0.1, 0.15) is 35.8 Å². The zero-order valence-electron chi connectivity index (χ0n) is 10.8. The maximum Gasteiger partial charge on any atom is 0.0944 e. The third kappa shape index (κ3) is 3.58. The monoisotopic (exact) mass is 262 g/mol. The molecule has 2 heterocycles. The van der Waals surface area contributed by atoms with Crippen LogP contribution < -0.4 is 5.32 Å². The minimum atomic E-state index is 0.198. The predicted molar refractivity (Wildman–Crippen MR) is 73.6 cm³/mol. The van der Waals surface area contributed by atoms with Crippen LogP contribution in [0.4, 0.5) is 0 Å². The van der Waals surface area contributed by atoms with Gasteiger partial charge in [-0.05, 0) is 19.9 Å². The molecule has 4 nitrogen and oxygen atoms in total. The first-order chi connectivity index (χ1) is 8.79. The van der Waals surface area contributed by atoms with E-state index < -0.39 is 0 Å². The quantitative estimate of drug-likeness (QED) is 0.869. The summed E-state index contributed by atoms with van der Waals surface area (Å²) in [6, 6.07) is 0.198. The van der Waals surface area contributed by atoms with E-state index >= 15 is 0 Å². The predicted octanol–water partition coefficient (Wildman–Crippen LogP) is 2.52. The van der Waals surface area contributed by atoms with Crippen LogP contribution in [0.5, 0.6) is 0 Å². The highest BCUT2D eigenvalue weighted by atomic mass is 32.1. The van der Waals surface area contributed by atoms with Crippen LogP contribution in [-0.4, -0.2) is 21.5 Å². The number of nitrogens with zero attached hydrogens (tertiary/aromatic N) is 3. The largest absolute Gasteiger partial charge is 0.308 e. The Bertz CT molecular complexity index is 452. The fraction of sp³-hybridized carbons (Fsp3) is 0.462. The van der Waals surface area contributed by atoms with Crippen LogP contribution >= 0.6 is 11.3 Å². The first kappa shape index (κ1) is 13.1. The van der Waals surface area contributed by atoms with Crippen molar-refractivity contribution in [2.45, 2.75) is 32.7 Å². The van der Waals surface area contributed by atoms with E-state index in [-0.39, 0.29) is 6.04 Å². The normalized spacial score (nSPS) is 12.6. The van der Waals surface area contributed by atoms with Gasteiger partial charge in [0.05, 0.1) is 28.6 Å². The van der Waals surface area contributed by atoms with Gasteiger partial charge in [-0.25, -0.2) is 4.98 Å². The van der Waals surface area contributed by atoms with Crippen LogP contribution in [0.15, 0.2) is 24.0 Å². The number of aromatic nitrogens is 3. The van der Waals surface area contributed by atoms with Gasteiger partial charge in [-0.15, -0.1) is 11.3 Å². The molecule has 0 aromatic carbocycles. The van der Waals surface area contributed by atoms with Crippen LogP contribution in [0.25, 0.3) is 0 Å². The highest BCUT2D eigenvalue weighted by Crippen LogP contribution is 2.17. The Morgan fingerprint density at radius 2 is 2.17 bits per heavy atom. The topological polar surface area (TPSA) is 50.7 Å². The summed E-state index contributed by atoms with van der Waals surface area (Å²) in [6.45, 7) is 5.09. The van der Waals surface area contributed by atoms with E-state index in [2.05, 4.69) is 27.2 Å². The summed E-state index contributed by atoms with van der Waals surface area (Å²) in [5.74, 6) is 0. The zero-order chi connectivity index (χ0) is 12.8. The van der Waals surface area contributed by atoms with Crippen molar-refractivity contribution in [2.24, 2.45) is 0 Å². The molecule has 0 saturated heterocycles. The third-order valence-corrected chi connectivity index (χ3v) is 3.46. The van der Waals surface area contributed by atoms with Crippen molar-refractivity contribution in [1.82, 2.24) is 20.3 Å². The van der Waals surface area contributed by atoms with Crippen molar-refractivity contribution >= 4 is 11.3 Å². The lowest BCUT2D eigenvalue weighted by Gasteiger charge is -2.16. The van der Waals surface area contributed by atoms with Gasteiger partial charge in [0.25, 0.3) is 0 Å². The number of hydrogen-bond donors (Lipinski definition) is 1. The van der Waals surface area contributed by atoms with Gasteiger partial charge in [0, 0.05) is 24.2 Å². The first-order valence-corrected chi connectivity index (χ1v) is 7.08. The molecule has 2 aromatic heterocycles. The van der Waals surface area contributed by atoms with E-state index in [9.17, 15) is 0 Å². The summed E-state index contributed by atoms with van der Waals surface area (Å²) in [7, 11) is 0. The Morgan fingerprint density at radius 1 is 1.28 bits per heavy atom. The summed E-state index contributed by atoms with van der Waals surface area (Å²) < 4.78 is 0. The Hall–Kier alpha value is -1.33. The van der Waals surface area contributed by atoms with Crippen molar-refractivity contribution in [3.8, 4) is 0 Å². The second-order valence-corrected chi connectivity index (χ2v) is 5.20. The molecule has 0 bridgehead atoms. The lowest BCUT2D eigenvalue weighted by Crippen LogP contribution is -2.25. The average molecular weight is 262 g/mol. The molecule has 18 heavy (non-hydrogen) atoms. The molecule has 0 fully saturated rings. The minimum absolute atomic E-state index is 0.198. The molecule has 0 spiro atoms. The molecule has 1 atom stereocenters. The van der Waals surface area contributed by atoms with E-state index in [1.165, 1.54) is 0 Å². The van der Waals surface area contributed by atoms with Crippen LogP contribution in [0, 0.1) is 6.92 Å². The van der Waals surface area contributed by atoms with Gasteiger partial charge in [-0.3, -0.25) is 9.97 Å². The van der Waals surface area contributed by atoms with Gasteiger partial charge in [-0.2, -0.15) is 0 Å². The Kier molecular flexibility index (Phi) is 4.78. The van der Waals surface area contributed by atoms with Gasteiger partial charge in [0.1, 0.15) is 0 Å². The summed E-state index contributed by atoms with van der Waals surface area (Å²) in [5.41, 5.74) is 1.94. The molecule has 0 aliphatic rings. The van der Waals surface area contributed by atoms with Crippen molar-refractivity contribution in [3.05, 3.63) is 40.4 Å². The SMILES string of the molecule is CCCNC(Cc1nccs1)c1cnc(C)cn1. The second kappa shape index (κ2) is 6.56. The number of thiazole rings is 1. The van der Waals surface area contributed by atoms with Gasteiger partial charge < -0.3 is 5.32 Å². The fourth-order valence-electron chi connectivity index (χ4n) is 1.71. The van der Waals surface area contributed by atoms with E-state index in [4.69, 9.17) is 0 Å². The average Bonchev–Trinajstić information content (AvgIpc) is 2.88. The summed E-state index contributed by atoms with van der Waals surface area (Å²) in [4.78, 5) is 13.1. The molecule has 2 aromatic rings.